The molecule has 2 aromatic carbocycles. The lowest BCUT2D eigenvalue weighted by Crippen LogP contribution is -2.26. The summed E-state index contributed by atoms with van der Waals surface area (Å²) in [5.41, 5.74) is 1.12. The van der Waals surface area contributed by atoms with Crippen molar-refractivity contribution < 1.29 is 19.1 Å². The van der Waals surface area contributed by atoms with Gasteiger partial charge in [0.2, 0.25) is 0 Å². The van der Waals surface area contributed by atoms with Crippen molar-refractivity contribution >= 4 is 24.5 Å². The zero-order valence-corrected chi connectivity index (χ0v) is 11.7. The quantitative estimate of drug-likeness (QED) is 0.845. The van der Waals surface area contributed by atoms with Gasteiger partial charge in [0.05, 0.1) is 5.30 Å². The molecule has 1 amide bonds. The van der Waals surface area contributed by atoms with Crippen molar-refractivity contribution in [3.8, 4) is 0 Å². The molecule has 5 nitrogen and oxygen atoms in total. The summed E-state index contributed by atoms with van der Waals surface area (Å²) < 4.78 is 11.1. The second-order valence-corrected chi connectivity index (χ2v) is 5.90. The van der Waals surface area contributed by atoms with E-state index in [-0.39, 0.29) is 11.2 Å². The molecule has 0 aliphatic carbocycles. The van der Waals surface area contributed by atoms with Crippen molar-refractivity contribution in [2.75, 3.05) is 11.9 Å². The fraction of sp³-hybridized carbons (Fsp3) is 0.0714. The summed E-state index contributed by atoms with van der Waals surface area (Å²) in [6, 6.07) is 14.5. The predicted molar refractivity (Wildman–Crippen MR) is 77.3 cm³/mol. The minimum atomic E-state index is -4.25. The Labute approximate surface area is 116 Å². The molecular formula is C14H14NO4P. The number of rotatable bonds is 3. The third-order valence-electron chi connectivity index (χ3n) is 2.90. The summed E-state index contributed by atoms with van der Waals surface area (Å²) in [4.78, 5) is 31.7. The van der Waals surface area contributed by atoms with E-state index in [1.807, 2.05) is 6.07 Å². The maximum absolute atomic E-state index is 12.2. The lowest BCUT2D eigenvalue weighted by molar-refractivity contribution is 0.0993. The number of benzene rings is 2. The summed E-state index contributed by atoms with van der Waals surface area (Å²) in [6.45, 7) is 0. The predicted octanol–water partition coefficient (Wildman–Crippen LogP) is 1.77. The molecule has 2 N–H and O–H groups in total. The van der Waals surface area contributed by atoms with Crippen LogP contribution in [0.25, 0.3) is 0 Å². The van der Waals surface area contributed by atoms with E-state index >= 15 is 0 Å². The van der Waals surface area contributed by atoms with Gasteiger partial charge in [0.1, 0.15) is 0 Å². The van der Waals surface area contributed by atoms with Gasteiger partial charge in [0.15, 0.2) is 0 Å². The van der Waals surface area contributed by atoms with Crippen LogP contribution >= 0.6 is 7.60 Å². The molecule has 0 radical (unpaired) electrons. The molecule has 0 aromatic heterocycles. The number of amides is 1. The number of carbonyl (C=O) groups excluding carboxylic acids is 1. The van der Waals surface area contributed by atoms with Gasteiger partial charge >= 0.3 is 7.60 Å². The molecule has 0 saturated carbocycles. The summed E-state index contributed by atoms with van der Waals surface area (Å²) in [5, 5.41) is -0.0678. The number of anilines is 1. The fourth-order valence-corrected chi connectivity index (χ4v) is 2.30. The summed E-state index contributed by atoms with van der Waals surface area (Å²) in [6.07, 6.45) is 0. The van der Waals surface area contributed by atoms with Crippen LogP contribution in [0, 0.1) is 0 Å². The highest BCUT2D eigenvalue weighted by atomic mass is 31.2. The number of nitrogens with zero attached hydrogens (tertiary/aromatic N) is 1. The van der Waals surface area contributed by atoms with E-state index in [9.17, 15) is 9.36 Å². The van der Waals surface area contributed by atoms with Crippen LogP contribution in [0.5, 0.6) is 0 Å². The zero-order chi connectivity index (χ0) is 14.8. The van der Waals surface area contributed by atoms with E-state index in [0.29, 0.717) is 11.3 Å². The second kappa shape index (κ2) is 5.59. The van der Waals surface area contributed by atoms with Crippen LogP contribution in [0.3, 0.4) is 0 Å². The van der Waals surface area contributed by atoms with Gasteiger partial charge in [-0.05, 0) is 36.4 Å². The highest BCUT2D eigenvalue weighted by Crippen LogP contribution is 2.33. The van der Waals surface area contributed by atoms with Crippen LogP contribution in [-0.4, -0.2) is 22.7 Å². The average molecular weight is 291 g/mol. The van der Waals surface area contributed by atoms with E-state index in [1.54, 1.807) is 31.3 Å². The van der Waals surface area contributed by atoms with Crippen LogP contribution in [0.2, 0.25) is 0 Å². The molecule has 0 bridgehead atoms. The average Bonchev–Trinajstić information content (AvgIpc) is 2.46. The molecule has 0 unspecified atom stereocenters. The third-order valence-corrected chi connectivity index (χ3v) is 3.87. The van der Waals surface area contributed by atoms with Crippen LogP contribution in [0.1, 0.15) is 10.4 Å². The summed E-state index contributed by atoms with van der Waals surface area (Å²) in [7, 11) is -2.64. The molecule has 20 heavy (non-hydrogen) atoms. The summed E-state index contributed by atoms with van der Waals surface area (Å²) in [5.74, 6) is -0.186. The lowest BCUT2D eigenvalue weighted by atomic mass is 10.2. The number of hydrogen-bond donors (Lipinski definition) is 2. The third kappa shape index (κ3) is 3.14. The largest absolute Gasteiger partial charge is 0.356 e. The Hall–Kier alpha value is -1.94. The van der Waals surface area contributed by atoms with E-state index in [2.05, 4.69) is 0 Å². The monoisotopic (exact) mass is 291 g/mol. The highest BCUT2D eigenvalue weighted by Gasteiger charge is 2.18. The van der Waals surface area contributed by atoms with Gasteiger partial charge in [-0.1, -0.05) is 18.2 Å². The standard InChI is InChI=1S/C14H14NO4P/c1-15(14(16)11-5-3-2-4-6-11)12-7-9-13(10-8-12)20(17,18)19/h2-10H,1H3,(H2,17,18,19). The smallest absolute Gasteiger partial charge is 0.321 e. The van der Waals surface area contributed by atoms with Gasteiger partial charge in [-0.15, -0.1) is 0 Å². The second-order valence-electron chi connectivity index (χ2n) is 4.29. The van der Waals surface area contributed by atoms with Gasteiger partial charge in [0, 0.05) is 18.3 Å². The highest BCUT2D eigenvalue weighted by molar-refractivity contribution is 7.60. The van der Waals surface area contributed by atoms with E-state index in [1.165, 1.54) is 29.2 Å². The van der Waals surface area contributed by atoms with E-state index in [0.717, 1.165) is 0 Å². The molecule has 0 saturated heterocycles. The normalized spacial score (nSPS) is 11.2. The first-order valence-electron chi connectivity index (χ1n) is 5.89. The van der Waals surface area contributed by atoms with Crippen LogP contribution in [-0.2, 0) is 4.57 Å². The van der Waals surface area contributed by atoms with Crippen LogP contribution < -0.4 is 10.2 Å². The lowest BCUT2D eigenvalue weighted by Gasteiger charge is -2.18. The molecule has 104 valence electrons. The Balaban J connectivity index is 2.24. The van der Waals surface area contributed by atoms with Crippen molar-refractivity contribution in [1.82, 2.24) is 0 Å². The first kappa shape index (κ1) is 14.5. The van der Waals surface area contributed by atoms with Gasteiger partial charge in [-0.3, -0.25) is 9.36 Å². The number of hydrogen-bond acceptors (Lipinski definition) is 2. The SMILES string of the molecule is CN(C(=O)c1ccccc1)c1ccc(P(=O)(O)O)cc1. The van der Waals surface area contributed by atoms with Gasteiger partial charge in [0.25, 0.3) is 5.91 Å². The molecule has 2 rings (SSSR count). The molecular weight excluding hydrogens is 277 g/mol. The molecule has 0 spiro atoms. The zero-order valence-electron chi connectivity index (χ0n) is 10.8. The Bertz CT molecular complexity index is 649. The van der Waals surface area contributed by atoms with Crippen molar-refractivity contribution in [3.05, 3.63) is 60.2 Å². The molecule has 0 aliphatic rings. The van der Waals surface area contributed by atoms with Crippen molar-refractivity contribution in [2.24, 2.45) is 0 Å². The Morgan fingerprint density at radius 3 is 2.05 bits per heavy atom. The minimum Gasteiger partial charge on any atom is -0.321 e. The molecule has 0 heterocycles. The van der Waals surface area contributed by atoms with Gasteiger partial charge in [-0.25, -0.2) is 0 Å². The molecule has 0 atom stereocenters. The van der Waals surface area contributed by atoms with E-state index in [4.69, 9.17) is 9.79 Å². The molecule has 2 aromatic rings. The fourth-order valence-electron chi connectivity index (χ4n) is 1.76. The Kier molecular flexibility index (Phi) is 4.04. The van der Waals surface area contributed by atoms with Crippen molar-refractivity contribution in [1.29, 1.82) is 0 Å². The number of carbonyl (C=O) groups is 1. The summed E-state index contributed by atoms with van der Waals surface area (Å²) >= 11 is 0. The van der Waals surface area contributed by atoms with Crippen LogP contribution in [0.4, 0.5) is 5.69 Å². The minimum absolute atomic E-state index is 0.0678. The van der Waals surface area contributed by atoms with E-state index < -0.39 is 7.60 Å². The van der Waals surface area contributed by atoms with Crippen molar-refractivity contribution in [2.45, 2.75) is 0 Å². The molecule has 6 heteroatoms. The maximum Gasteiger partial charge on any atom is 0.356 e. The topological polar surface area (TPSA) is 77.8 Å². The maximum atomic E-state index is 12.2. The first-order valence-corrected chi connectivity index (χ1v) is 7.50. The van der Waals surface area contributed by atoms with Gasteiger partial charge < -0.3 is 14.7 Å². The van der Waals surface area contributed by atoms with Crippen LogP contribution in [0.15, 0.2) is 54.6 Å². The molecule has 0 aliphatic heterocycles. The Morgan fingerprint density at radius 1 is 1.00 bits per heavy atom. The van der Waals surface area contributed by atoms with Crippen molar-refractivity contribution in [3.63, 3.8) is 0 Å². The van der Waals surface area contributed by atoms with Gasteiger partial charge in [-0.2, -0.15) is 0 Å². The Morgan fingerprint density at radius 2 is 1.55 bits per heavy atom. The first-order chi connectivity index (χ1) is 9.39. The molecule has 0 fully saturated rings.